The van der Waals surface area contributed by atoms with Gasteiger partial charge in [-0.25, -0.2) is 0 Å². The average Bonchev–Trinajstić information content (AvgIpc) is 2.93. The third-order valence-corrected chi connectivity index (χ3v) is 3.82. The van der Waals surface area contributed by atoms with Crippen molar-refractivity contribution in [3.8, 4) is 0 Å². The van der Waals surface area contributed by atoms with Crippen molar-refractivity contribution in [3.63, 3.8) is 0 Å². The molecule has 0 aromatic carbocycles. The van der Waals surface area contributed by atoms with E-state index in [-0.39, 0.29) is 5.91 Å². The maximum atomic E-state index is 11.7. The Morgan fingerprint density at radius 1 is 1.59 bits per heavy atom. The molecule has 1 unspecified atom stereocenters. The molecule has 3 N–H and O–H groups in total. The summed E-state index contributed by atoms with van der Waals surface area (Å²) >= 11 is 0. The molecule has 1 amide bonds. The zero-order valence-corrected chi connectivity index (χ0v) is 10.6. The minimum atomic E-state index is -0.546. The van der Waals surface area contributed by atoms with Crippen LogP contribution < -0.4 is 11.1 Å². The van der Waals surface area contributed by atoms with Gasteiger partial charge in [-0.1, -0.05) is 0 Å². The van der Waals surface area contributed by atoms with E-state index < -0.39 is 5.54 Å². The van der Waals surface area contributed by atoms with E-state index in [1.807, 2.05) is 0 Å². The van der Waals surface area contributed by atoms with Crippen LogP contribution in [0.25, 0.3) is 0 Å². The van der Waals surface area contributed by atoms with Gasteiger partial charge in [-0.3, -0.25) is 9.69 Å². The molecule has 0 aromatic heterocycles. The van der Waals surface area contributed by atoms with Crippen LogP contribution in [0.4, 0.5) is 0 Å². The molecular formula is C12H23N3O2. The molecule has 1 aliphatic carbocycles. The summed E-state index contributed by atoms with van der Waals surface area (Å²) in [5, 5.41) is 2.99. The van der Waals surface area contributed by atoms with Crippen LogP contribution in [0.1, 0.15) is 25.7 Å². The van der Waals surface area contributed by atoms with Gasteiger partial charge < -0.3 is 15.8 Å². The van der Waals surface area contributed by atoms with Crippen molar-refractivity contribution >= 4 is 5.91 Å². The Labute approximate surface area is 103 Å². The van der Waals surface area contributed by atoms with E-state index in [1.165, 1.54) is 6.42 Å². The first kappa shape index (κ1) is 12.8. The molecule has 1 heterocycles. The largest absolute Gasteiger partial charge is 0.383 e. The maximum Gasteiger partial charge on any atom is 0.240 e. The fourth-order valence-electron chi connectivity index (χ4n) is 2.38. The van der Waals surface area contributed by atoms with Crippen LogP contribution in [0.15, 0.2) is 0 Å². The second-order valence-electron chi connectivity index (χ2n) is 5.19. The van der Waals surface area contributed by atoms with E-state index in [2.05, 4.69) is 10.2 Å². The van der Waals surface area contributed by atoms with Crippen LogP contribution in [0.3, 0.4) is 0 Å². The normalized spacial score (nSPS) is 27.1. The van der Waals surface area contributed by atoms with Crippen LogP contribution in [0, 0.1) is 0 Å². The first-order valence-electron chi connectivity index (χ1n) is 6.46. The third kappa shape index (κ3) is 3.18. The SMILES string of the molecule is COCCN1CCCC1CNC(=O)C1(N)CC1. The Morgan fingerprint density at radius 3 is 3.00 bits per heavy atom. The molecule has 2 aliphatic rings. The lowest BCUT2D eigenvalue weighted by atomic mass is 10.2. The van der Waals surface area contributed by atoms with Crippen molar-refractivity contribution in [2.24, 2.45) is 5.73 Å². The first-order valence-corrected chi connectivity index (χ1v) is 6.46. The highest BCUT2D eigenvalue weighted by Crippen LogP contribution is 2.32. The van der Waals surface area contributed by atoms with E-state index in [9.17, 15) is 4.79 Å². The Kier molecular flexibility index (Phi) is 4.01. The van der Waals surface area contributed by atoms with Crippen molar-refractivity contribution in [1.29, 1.82) is 0 Å². The Hall–Kier alpha value is -0.650. The molecule has 0 spiro atoms. The first-order chi connectivity index (χ1) is 8.15. The number of nitrogens with two attached hydrogens (primary N) is 1. The molecule has 0 bridgehead atoms. The van der Waals surface area contributed by atoms with E-state index >= 15 is 0 Å². The van der Waals surface area contributed by atoms with Crippen LogP contribution in [0.2, 0.25) is 0 Å². The van der Waals surface area contributed by atoms with Crippen LogP contribution in [-0.4, -0.2) is 55.7 Å². The predicted molar refractivity (Wildman–Crippen MR) is 65.6 cm³/mol. The number of nitrogens with zero attached hydrogens (tertiary/aromatic N) is 1. The number of methoxy groups -OCH3 is 1. The number of nitrogens with one attached hydrogen (secondary N) is 1. The molecular weight excluding hydrogens is 218 g/mol. The summed E-state index contributed by atoms with van der Waals surface area (Å²) in [6.07, 6.45) is 4.02. The standard InChI is InChI=1S/C12H23N3O2/c1-17-8-7-15-6-2-3-10(15)9-14-11(16)12(13)4-5-12/h10H,2-9,13H2,1H3,(H,14,16). The molecule has 0 aromatic rings. The number of carbonyl (C=O) groups excluding carboxylic acids is 1. The molecule has 5 heteroatoms. The van der Waals surface area contributed by atoms with Gasteiger partial charge in [0.05, 0.1) is 12.1 Å². The summed E-state index contributed by atoms with van der Waals surface area (Å²) in [4.78, 5) is 14.1. The molecule has 5 nitrogen and oxygen atoms in total. The molecule has 0 radical (unpaired) electrons. The van der Waals surface area contributed by atoms with Crippen molar-refractivity contribution in [2.45, 2.75) is 37.3 Å². The second kappa shape index (κ2) is 5.33. The number of likely N-dealkylation sites (tertiary alicyclic amines) is 1. The van der Waals surface area contributed by atoms with Gasteiger partial charge in [0.1, 0.15) is 0 Å². The quantitative estimate of drug-likeness (QED) is 0.670. The Morgan fingerprint density at radius 2 is 2.35 bits per heavy atom. The second-order valence-corrected chi connectivity index (χ2v) is 5.19. The molecule has 17 heavy (non-hydrogen) atoms. The fourth-order valence-corrected chi connectivity index (χ4v) is 2.38. The van der Waals surface area contributed by atoms with Gasteiger partial charge in [0.25, 0.3) is 0 Å². The average molecular weight is 241 g/mol. The highest BCUT2D eigenvalue weighted by atomic mass is 16.5. The maximum absolute atomic E-state index is 11.7. The summed E-state index contributed by atoms with van der Waals surface area (Å²) in [5.74, 6) is 0.0242. The molecule has 1 saturated heterocycles. The van der Waals surface area contributed by atoms with Gasteiger partial charge >= 0.3 is 0 Å². The van der Waals surface area contributed by atoms with E-state index in [0.717, 1.165) is 45.5 Å². The highest BCUT2D eigenvalue weighted by molar-refractivity contribution is 5.88. The lowest BCUT2D eigenvalue weighted by molar-refractivity contribution is -0.123. The molecule has 1 aliphatic heterocycles. The van der Waals surface area contributed by atoms with Crippen LogP contribution >= 0.6 is 0 Å². The van der Waals surface area contributed by atoms with Gasteiger partial charge in [0.15, 0.2) is 0 Å². The van der Waals surface area contributed by atoms with Crippen molar-refractivity contribution in [3.05, 3.63) is 0 Å². The lowest BCUT2D eigenvalue weighted by Crippen LogP contribution is -2.48. The Balaban J connectivity index is 1.72. The summed E-state index contributed by atoms with van der Waals surface area (Å²) in [5.41, 5.74) is 5.30. The third-order valence-electron chi connectivity index (χ3n) is 3.82. The number of hydrogen-bond donors (Lipinski definition) is 2. The summed E-state index contributed by atoms with van der Waals surface area (Å²) < 4.78 is 5.09. The smallest absolute Gasteiger partial charge is 0.240 e. The minimum Gasteiger partial charge on any atom is -0.383 e. The fraction of sp³-hybridized carbons (Fsp3) is 0.917. The summed E-state index contributed by atoms with van der Waals surface area (Å²) in [6.45, 7) is 3.54. The number of amides is 1. The van der Waals surface area contributed by atoms with Crippen LogP contribution in [-0.2, 0) is 9.53 Å². The summed E-state index contributed by atoms with van der Waals surface area (Å²) in [7, 11) is 1.72. The van der Waals surface area contributed by atoms with Crippen molar-refractivity contribution in [1.82, 2.24) is 10.2 Å². The van der Waals surface area contributed by atoms with Crippen molar-refractivity contribution < 1.29 is 9.53 Å². The minimum absolute atomic E-state index is 0.0242. The molecule has 98 valence electrons. The zero-order valence-electron chi connectivity index (χ0n) is 10.6. The topological polar surface area (TPSA) is 67.6 Å². The monoisotopic (exact) mass is 241 g/mol. The predicted octanol–water partition coefficient (Wildman–Crippen LogP) is -0.295. The van der Waals surface area contributed by atoms with Gasteiger partial charge in [0.2, 0.25) is 5.91 Å². The van der Waals surface area contributed by atoms with E-state index in [4.69, 9.17) is 10.5 Å². The van der Waals surface area contributed by atoms with Crippen LogP contribution in [0.5, 0.6) is 0 Å². The van der Waals surface area contributed by atoms with Gasteiger partial charge in [-0.05, 0) is 32.2 Å². The van der Waals surface area contributed by atoms with Gasteiger partial charge in [0, 0.05) is 26.2 Å². The van der Waals surface area contributed by atoms with Crippen molar-refractivity contribution in [2.75, 3.05) is 33.4 Å². The molecule has 2 rings (SSSR count). The number of hydrogen-bond acceptors (Lipinski definition) is 4. The summed E-state index contributed by atoms with van der Waals surface area (Å²) in [6, 6.07) is 0.455. The molecule has 1 saturated carbocycles. The van der Waals surface area contributed by atoms with E-state index in [1.54, 1.807) is 7.11 Å². The molecule has 2 fully saturated rings. The zero-order chi connectivity index (χ0) is 12.3. The highest BCUT2D eigenvalue weighted by Gasteiger charge is 2.46. The van der Waals surface area contributed by atoms with Gasteiger partial charge in [-0.15, -0.1) is 0 Å². The number of rotatable bonds is 6. The Bertz CT molecular complexity index is 279. The lowest BCUT2D eigenvalue weighted by Gasteiger charge is -2.24. The van der Waals surface area contributed by atoms with Gasteiger partial charge in [-0.2, -0.15) is 0 Å². The number of ether oxygens (including phenoxy) is 1. The molecule has 1 atom stereocenters. The number of carbonyl (C=O) groups is 1. The van der Waals surface area contributed by atoms with E-state index in [0.29, 0.717) is 6.04 Å².